The first-order valence-electron chi connectivity index (χ1n) is 9.65. The van der Waals surface area contributed by atoms with Crippen LogP contribution in [0.1, 0.15) is 24.0 Å². The second-order valence-corrected chi connectivity index (χ2v) is 7.29. The molecule has 2 amide bonds. The number of carbonyl (C=O) groups is 2. The van der Waals surface area contributed by atoms with Gasteiger partial charge in [-0.1, -0.05) is 42.5 Å². The van der Waals surface area contributed by atoms with E-state index in [1.807, 2.05) is 30.3 Å². The highest BCUT2D eigenvalue weighted by Crippen LogP contribution is 2.25. The van der Waals surface area contributed by atoms with Crippen LogP contribution in [0.4, 0.5) is 5.69 Å². The minimum atomic E-state index is -0.554. The highest BCUT2D eigenvalue weighted by atomic mass is 16.2. The number of hydrogen-bond donors (Lipinski definition) is 1. The Morgan fingerprint density at radius 1 is 1.00 bits per heavy atom. The normalized spacial score (nSPS) is 19.3. The highest BCUT2D eigenvalue weighted by Gasteiger charge is 2.37. The zero-order valence-corrected chi connectivity index (χ0v) is 15.4. The Hall–Kier alpha value is -2.66. The predicted molar refractivity (Wildman–Crippen MR) is 105 cm³/mol. The van der Waals surface area contributed by atoms with Gasteiger partial charge in [0.25, 0.3) is 0 Å². The number of rotatable bonds is 6. The molecule has 0 saturated carbocycles. The first-order chi connectivity index (χ1) is 13.2. The quantitative estimate of drug-likeness (QED) is 0.634. The molecule has 0 bridgehead atoms. The van der Waals surface area contributed by atoms with Crippen molar-refractivity contribution in [2.45, 2.75) is 25.9 Å². The van der Waals surface area contributed by atoms with E-state index >= 15 is 0 Å². The molecule has 1 fully saturated rings. The monoisotopic (exact) mass is 363 g/mol. The van der Waals surface area contributed by atoms with Gasteiger partial charge in [-0.3, -0.25) is 14.5 Å². The minimum Gasteiger partial charge on any atom is -0.355 e. The van der Waals surface area contributed by atoms with E-state index in [4.69, 9.17) is 0 Å². The third-order valence-electron chi connectivity index (χ3n) is 5.45. The molecule has 2 aliphatic heterocycles. The van der Waals surface area contributed by atoms with Crippen LogP contribution in [-0.2, 0) is 22.7 Å². The summed E-state index contributed by atoms with van der Waals surface area (Å²) in [7, 11) is 0. The molecule has 2 heterocycles. The smallest absolute Gasteiger partial charge is 0.239 e. The average molecular weight is 363 g/mol. The Morgan fingerprint density at radius 2 is 1.67 bits per heavy atom. The number of amides is 2. The van der Waals surface area contributed by atoms with E-state index < -0.39 is 5.92 Å². The standard InChI is InChI=1S/C22H25N3O2/c26-21(20-11-14-25(22(20)27)19-9-2-1-3-10-19)23-12-6-13-24-15-17-7-4-5-8-18(17)16-24/h1-5,7-10,20H,6,11-16H2,(H,23,26). The third-order valence-corrected chi connectivity index (χ3v) is 5.45. The summed E-state index contributed by atoms with van der Waals surface area (Å²) in [5.41, 5.74) is 3.67. The van der Waals surface area contributed by atoms with Gasteiger partial charge in [0.2, 0.25) is 11.8 Å². The number of nitrogens with one attached hydrogen (secondary N) is 1. The van der Waals surface area contributed by atoms with E-state index in [0.717, 1.165) is 31.7 Å². The number of benzene rings is 2. The molecule has 5 nitrogen and oxygen atoms in total. The van der Waals surface area contributed by atoms with Crippen LogP contribution >= 0.6 is 0 Å². The van der Waals surface area contributed by atoms with Crippen LogP contribution in [0, 0.1) is 5.92 Å². The maximum atomic E-state index is 12.6. The fourth-order valence-corrected chi connectivity index (χ4v) is 3.99. The van der Waals surface area contributed by atoms with Crippen molar-refractivity contribution in [3.05, 3.63) is 65.7 Å². The number of carbonyl (C=O) groups excluding carboxylic acids is 2. The molecule has 140 valence electrons. The Kier molecular flexibility index (Phi) is 5.21. The lowest BCUT2D eigenvalue weighted by Gasteiger charge is -2.17. The molecule has 0 aromatic heterocycles. The lowest BCUT2D eigenvalue weighted by atomic mass is 10.1. The Labute approximate surface area is 160 Å². The summed E-state index contributed by atoms with van der Waals surface area (Å²) >= 11 is 0. The fraction of sp³-hybridized carbons (Fsp3) is 0.364. The van der Waals surface area contributed by atoms with Crippen LogP contribution in [0.15, 0.2) is 54.6 Å². The van der Waals surface area contributed by atoms with E-state index in [9.17, 15) is 9.59 Å². The molecule has 1 saturated heterocycles. The Bertz CT molecular complexity index is 796. The van der Waals surface area contributed by atoms with Crippen molar-refractivity contribution < 1.29 is 9.59 Å². The molecule has 5 heteroatoms. The predicted octanol–water partition coefficient (Wildman–Crippen LogP) is 2.56. The van der Waals surface area contributed by atoms with Gasteiger partial charge in [-0.05, 0) is 36.1 Å². The topological polar surface area (TPSA) is 52.7 Å². The zero-order valence-electron chi connectivity index (χ0n) is 15.4. The molecule has 1 unspecified atom stereocenters. The van der Waals surface area contributed by atoms with E-state index in [-0.39, 0.29) is 11.8 Å². The summed E-state index contributed by atoms with van der Waals surface area (Å²) in [6, 6.07) is 18.1. The van der Waals surface area contributed by atoms with Crippen molar-refractivity contribution in [2.75, 3.05) is 24.5 Å². The SMILES string of the molecule is O=C(NCCCN1Cc2ccccc2C1)C1CCN(c2ccccc2)C1=O. The molecular formula is C22H25N3O2. The first-order valence-corrected chi connectivity index (χ1v) is 9.65. The van der Waals surface area contributed by atoms with Crippen molar-refractivity contribution in [1.82, 2.24) is 10.2 Å². The molecule has 27 heavy (non-hydrogen) atoms. The maximum Gasteiger partial charge on any atom is 0.239 e. The number of hydrogen-bond acceptors (Lipinski definition) is 3. The lowest BCUT2D eigenvalue weighted by molar-refractivity contribution is -0.132. The van der Waals surface area contributed by atoms with Crippen LogP contribution < -0.4 is 10.2 Å². The second kappa shape index (κ2) is 7.92. The molecular weight excluding hydrogens is 338 g/mol. The number of fused-ring (bicyclic) bond motifs is 1. The van der Waals surface area contributed by atoms with Crippen LogP contribution in [0.2, 0.25) is 0 Å². The van der Waals surface area contributed by atoms with Crippen LogP contribution in [0.3, 0.4) is 0 Å². The number of anilines is 1. The third kappa shape index (κ3) is 3.88. The van der Waals surface area contributed by atoms with Gasteiger partial charge in [0, 0.05) is 38.4 Å². The van der Waals surface area contributed by atoms with Crippen molar-refractivity contribution in [3.8, 4) is 0 Å². The van der Waals surface area contributed by atoms with Crippen molar-refractivity contribution in [2.24, 2.45) is 5.92 Å². The molecule has 0 aliphatic carbocycles. The zero-order chi connectivity index (χ0) is 18.6. The maximum absolute atomic E-state index is 12.6. The van der Waals surface area contributed by atoms with E-state index in [1.165, 1.54) is 11.1 Å². The molecule has 1 N–H and O–H groups in total. The van der Waals surface area contributed by atoms with E-state index in [1.54, 1.807) is 4.90 Å². The Balaban J connectivity index is 1.21. The molecule has 2 aromatic rings. The number of para-hydroxylation sites is 1. The summed E-state index contributed by atoms with van der Waals surface area (Å²) in [5, 5.41) is 2.96. The molecule has 2 aliphatic rings. The summed E-state index contributed by atoms with van der Waals surface area (Å²) < 4.78 is 0. The fourth-order valence-electron chi connectivity index (χ4n) is 3.99. The summed E-state index contributed by atoms with van der Waals surface area (Å²) in [6.07, 6.45) is 1.48. The van der Waals surface area contributed by atoms with E-state index in [0.29, 0.717) is 19.5 Å². The minimum absolute atomic E-state index is 0.0892. The van der Waals surface area contributed by atoms with E-state index in [2.05, 4.69) is 34.5 Å². The van der Waals surface area contributed by atoms with Gasteiger partial charge in [0.1, 0.15) is 5.92 Å². The lowest BCUT2D eigenvalue weighted by Crippen LogP contribution is -2.37. The highest BCUT2D eigenvalue weighted by molar-refractivity contribution is 6.09. The van der Waals surface area contributed by atoms with Gasteiger partial charge in [-0.25, -0.2) is 0 Å². The van der Waals surface area contributed by atoms with Crippen molar-refractivity contribution in [1.29, 1.82) is 0 Å². The van der Waals surface area contributed by atoms with Gasteiger partial charge in [0.15, 0.2) is 0 Å². The summed E-state index contributed by atoms with van der Waals surface area (Å²) in [6.45, 7) is 4.13. The molecule has 0 spiro atoms. The molecule has 0 radical (unpaired) electrons. The molecule has 4 rings (SSSR count). The van der Waals surface area contributed by atoms with Crippen molar-refractivity contribution >= 4 is 17.5 Å². The first kappa shape index (κ1) is 17.7. The summed E-state index contributed by atoms with van der Waals surface area (Å²) in [5.74, 6) is -0.780. The van der Waals surface area contributed by atoms with Gasteiger partial charge in [-0.2, -0.15) is 0 Å². The van der Waals surface area contributed by atoms with Crippen LogP contribution in [0.25, 0.3) is 0 Å². The van der Waals surface area contributed by atoms with Crippen LogP contribution in [0.5, 0.6) is 0 Å². The van der Waals surface area contributed by atoms with Crippen molar-refractivity contribution in [3.63, 3.8) is 0 Å². The largest absolute Gasteiger partial charge is 0.355 e. The van der Waals surface area contributed by atoms with Gasteiger partial charge in [-0.15, -0.1) is 0 Å². The van der Waals surface area contributed by atoms with Gasteiger partial charge < -0.3 is 10.2 Å². The number of nitrogens with zero attached hydrogens (tertiary/aromatic N) is 2. The van der Waals surface area contributed by atoms with Crippen LogP contribution in [-0.4, -0.2) is 36.3 Å². The molecule has 2 aromatic carbocycles. The van der Waals surface area contributed by atoms with Gasteiger partial charge in [0.05, 0.1) is 0 Å². The molecule has 1 atom stereocenters. The second-order valence-electron chi connectivity index (χ2n) is 7.29. The van der Waals surface area contributed by atoms with Gasteiger partial charge >= 0.3 is 0 Å². The average Bonchev–Trinajstić information content (AvgIpc) is 3.29. The summed E-state index contributed by atoms with van der Waals surface area (Å²) in [4.78, 5) is 29.1. The Morgan fingerprint density at radius 3 is 2.37 bits per heavy atom.